The van der Waals surface area contributed by atoms with Crippen molar-refractivity contribution in [3.05, 3.63) is 0 Å². The highest BCUT2D eigenvalue weighted by molar-refractivity contribution is 4.91. The summed E-state index contributed by atoms with van der Waals surface area (Å²) in [7, 11) is 0. The molecule has 2 N–H and O–H groups in total. The van der Waals surface area contributed by atoms with E-state index < -0.39 is 0 Å². The molecule has 2 nitrogen and oxygen atoms in total. The maximum absolute atomic E-state index is 6.33. The molecular formula is C13H25NO. The van der Waals surface area contributed by atoms with Crippen molar-refractivity contribution >= 4 is 0 Å². The summed E-state index contributed by atoms with van der Waals surface area (Å²) in [5.74, 6) is 0.803. The Balaban J connectivity index is 1.89. The van der Waals surface area contributed by atoms with Gasteiger partial charge in [0.05, 0.1) is 11.7 Å². The fourth-order valence-corrected chi connectivity index (χ4v) is 3.23. The van der Waals surface area contributed by atoms with E-state index in [2.05, 4.69) is 6.92 Å². The molecule has 2 saturated carbocycles. The standard InChI is InChI=1S/C13H25NO/c1-11-7-8-13(9-11,10-14)15-12-5-3-2-4-6-12/h11-12H,2-10,14H2,1H3. The third kappa shape index (κ3) is 2.73. The molecule has 0 aromatic rings. The number of nitrogens with two attached hydrogens (primary N) is 1. The number of rotatable bonds is 3. The second-order valence-corrected chi connectivity index (χ2v) is 5.61. The van der Waals surface area contributed by atoms with Crippen LogP contribution in [0.3, 0.4) is 0 Å². The van der Waals surface area contributed by atoms with Gasteiger partial charge in [-0.2, -0.15) is 0 Å². The van der Waals surface area contributed by atoms with Gasteiger partial charge in [0.1, 0.15) is 0 Å². The maximum atomic E-state index is 6.33. The Labute approximate surface area is 93.6 Å². The molecule has 0 aliphatic heterocycles. The van der Waals surface area contributed by atoms with Crippen molar-refractivity contribution in [2.45, 2.75) is 70.0 Å². The highest BCUT2D eigenvalue weighted by Gasteiger charge is 2.39. The van der Waals surface area contributed by atoms with Crippen LogP contribution >= 0.6 is 0 Å². The predicted octanol–water partition coefficient (Wildman–Crippen LogP) is 2.85. The summed E-state index contributed by atoms with van der Waals surface area (Å²) < 4.78 is 6.33. The first kappa shape index (κ1) is 11.4. The average molecular weight is 211 g/mol. The molecular weight excluding hydrogens is 186 g/mol. The molecule has 2 unspecified atom stereocenters. The van der Waals surface area contributed by atoms with E-state index >= 15 is 0 Å². The van der Waals surface area contributed by atoms with Crippen LogP contribution in [0.25, 0.3) is 0 Å². The first-order valence-electron chi connectivity index (χ1n) is 6.62. The van der Waals surface area contributed by atoms with E-state index in [1.807, 2.05) is 0 Å². The molecule has 0 amide bonds. The summed E-state index contributed by atoms with van der Waals surface area (Å²) in [5.41, 5.74) is 5.97. The first-order chi connectivity index (χ1) is 7.24. The lowest BCUT2D eigenvalue weighted by atomic mass is 9.95. The van der Waals surface area contributed by atoms with E-state index in [9.17, 15) is 0 Å². The summed E-state index contributed by atoms with van der Waals surface area (Å²) in [6.45, 7) is 3.04. The SMILES string of the molecule is CC1CCC(CN)(OC2CCCCC2)C1. The molecule has 0 bridgehead atoms. The second-order valence-electron chi connectivity index (χ2n) is 5.61. The molecule has 2 atom stereocenters. The molecule has 0 aromatic heterocycles. The minimum Gasteiger partial charge on any atom is -0.370 e. The molecule has 2 heteroatoms. The molecule has 0 aromatic carbocycles. The minimum atomic E-state index is 0.0431. The van der Waals surface area contributed by atoms with E-state index in [-0.39, 0.29) is 5.60 Å². The smallest absolute Gasteiger partial charge is 0.0810 e. The molecule has 2 aliphatic rings. The molecule has 2 fully saturated rings. The van der Waals surface area contributed by atoms with E-state index in [0.717, 1.165) is 5.92 Å². The van der Waals surface area contributed by atoms with Gasteiger partial charge in [-0.25, -0.2) is 0 Å². The van der Waals surface area contributed by atoms with Gasteiger partial charge in [0.25, 0.3) is 0 Å². The van der Waals surface area contributed by atoms with E-state index in [1.54, 1.807) is 0 Å². The van der Waals surface area contributed by atoms with Gasteiger partial charge in [0.15, 0.2) is 0 Å². The maximum Gasteiger partial charge on any atom is 0.0810 e. The summed E-state index contributed by atoms with van der Waals surface area (Å²) in [6, 6.07) is 0. The summed E-state index contributed by atoms with van der Waals surface area (Å²) in [4.78, 5) is 0. The topological polar surface area (TPSA) is 35.2 Å². The zero-order chi connectivity index (χ0) is 10.7. The Bertz CT molecular complexity index is 201. The van der Waals surface area contributed by atoms with Gasteiger partial charge in [0.2, 0.25) is 0 Å². The fourth-order valence-electron chi connectivity index (χ4n) is 3.23. The lowest BCUT2D eigenvalue weighted by Gasteiger charge is -2.35. The van der Waals surface area contributed by atoms with E-state index in [1.165, 1.54) is 51.4 Å². The van der Waals surface area contributed by atoms with Gasteiger partial charge in [0, 0.05) is 6.54 Å². The molecule has 0 heterocycles. The van der Waals surface area contributed by atoms with E-state index in [4.69, 9.17) is 10.5 Å². The number of hydrogen-bond donors (Lipinski definition) is 1. The molecule has 88 valence electrons. The van der Waals surface area contributed by atoms with Gasteiger partial charge in [-0.05, 0) is 38.0 Å². The van der Waals surface area contributed by atoms with Crippen LogP contribution in [0.5, 0.6) is 0 Å². The molecule has 0 spiro atoms. The largest absolute Gasteiger partial charge is 0.370 e. The van der Waals surface area contributed by atoms with Gasteiger partial charge < -0.3 is 10.5 Å². The van der Waals surface area contributed by atoms with E-state index in [0.29, 0.717) is 12.6 Å². The van der Waals surface area contributed by atoms with Crippen molar-refractivity contribution in [2.24, 2.45) is 11.7 Å². The zero-order valence-electron chi connectivity index (χ0n) is 10.0. The Hall–Kier alpha value is -0.0800. The highest BCUT2D eigenvalue weighted by Crippen LogP contribution is 2.39. The lowest BCUT2D eigenvalue weighted by molar-refractivity contribution is -0.0977. The number of ether oxygens (including phenoxy) is 1. The predicted molar refractivity (Wildman–Crippen MR) is 62.8 cm³/mol. The van der Waals surface area contributed by atoms with Crippen molar-refractivity contribution in [2.75, 3.05) is 6.54 Å². The molecule has 0 radical (unpaired) electrons. The molecule has 15 heavy (non-hydrogen) atoms. The highest BCUT2D eigenvalue weighted by atomic mass is 16.5. The van der Waals surface area contributed by atoms with Crippen molar-refractivity contribution < 1.29 is 4.74 Å². The van der Waals surface area contributed by atoms with Crippen molar-refractivity contribution in [3.8, 4) is 0 Å². The van der Waals surface area contributed by atoms with Crippen LogP contribution in [0.2, 0.25) is 0 Å². The summed E-state index contributed by atoms with van der Waals surface area (Å²) >= 11 is 0. The van der Waals surface area contributed by atoms with Crippen LogP contribution in [0.1, 0.15) is 58.3 Å². The Morgan fingerprint density at radius 2 is 1.93 bits per heavy atom. The fraction of sp³-hybridized carbons (Fsp3) is 1.00. The van der Waals surface area contributed by atoms with Gasteiger partial charge in [-0.1, -0.05) is 26.2 Å². The van der Waals surface area contributed by atoms with Crippen molar-refractivity contribution in [1.82, 2.24) is 0 Å². The van der Waals surface area contributed by atoms with Crippen LogP contribution in [-0.2, 0) is 4.74 Å². The zero-order valence-corrected chi connectivity index (χ0v) is 10.0. The summed E-state index contributed by atoms with van der Waals surface area (Å²) in [6.07, 6.45) is 10.8. The molecule has 2 aliphatic carbocycles. The monoisotopic (exact) mass is 211 g/mol. The van der Waals surface area contributed by atoms with Crippen LogP contribution < -0.4 is 5.73 Å². The second kappa shape index (κ2) is 4.84. The van der Waals surface area contributed by atoms with Crippen LogP contribution in [-0.4, -0.2) is 18.2 Å². The molecule has 2 rings (SSSR count). The lowest BCUT2D eigenvalue weighted by Crippen LogP contribution is -2.42. The quantitative estimate of drug-likeness (QED) is 0.779. The third-order valence-corrected chi connectivity index (χ3v) is 4.15. The van der Waals surface area contributed by atoms with Crippen LogP contribution in [0, 0.1) is 5.92 Å². The Morgan fingerprint density at radius 1 is 1.20 bits per heavy atom. The van der Waals surface area contributed by atoms with Gasteiger partial charge in [-0.15, -0.1) is 0 Å². The van der Waals surface area contributed by atoms with Gasteiger partial charge in [-0.3, -0.25) is 0 Å². The van der Waals surface area contributed by atoms with Crippen molar-refractivity contribution in [1.29, 1.82) is 0 Å². The van der Waals surface area contributed by atoms with Gasteiger partial charge >= 0.3 is 0 Å². The number of hydrogen-bond acceptors (Lipinski definition) is 2. The third-order valence-electron chi connectivity index (χ3n) is 4.15. The minimum absolute atomic E-state index is 0.0431. The Morgan fingerprint density at radius 3 is 2.47 bits per heavy atom. The molecule has 0 saturated heterocycles. The average Bonchev–Trinajstić information content (AvgIpc) is 2.62. The first-order valence-corrected chi connectivity index (χ1v) is 6.62. The normalized spacial score (nSPS) is 38.4. The van der Waals surface area contributed by atoms with Crippen LogP contribution in [0.15, 0.2) is 0 Å². The summed E-state index contributed by atoms with van der Waals surface area (Å²) in [5, 5.41) is 0. The van der Waals surface area contributed by atoms with Crippen LogP contribution in [0.4, 0.5) is 0 Å². The van der Waals surface area contributed by atoms with Crippen molar-refractivity contribution in [3.63, 3.8) is 0 Å². The Kier molecular flexibility index (Phi) is 3.68.